The van der Waals surface area contributed by atoms with E-state index in [1.165, 1.54) is 11.1 Å². The third kappa shape index (κ3) is 1.04. The molecule has 3 heteroatoms. The van der Waals surface area contributed by atoms with Crippen molar-refractivity contribution in [3.8, 4) is 0 Å². The minimum absolute atomic E-state index is 0.470. The van der Waals surface area contributed by atoms with Gasteiger partial charge in [0.25, 0.3) is 0 Å². The Labute approximate surface area is 70.7 Å². The van der Waals surface area contributed by atoms with E-state index in [-0.39, 0.29) is 0 Å². The normalized spacial score (nSPS) is 18.8. The van der Waals surface area contributed by atoms with Crippen LogP contribution in [0.25, 0.3) is 10.4 Å². The van der Waals surface area contributed by atoms with Gasteiger partial charge in [0, 0.05) is 11.5 Å². The molecule has 0 N–H and O–H groups in total. The first-order chi connectivity index (χ1) is 5.92. The maximum Gasteiger partial charge on any atom is 0.0330 e. The van der Waals surface area contributed by atoms with Crippen molar-refractivity contribution in [3.63, 3.8) is 0 Å². The third-order valence-corrected chi connectivity index (χ3v) is 2.33. The zero-order valence-electron chi connectivity index (χ0n) is 6.64. The minimum atomic E-state index is 0.470. The molecule has 1 aromatic rings. The Bertz CT molecular complexity index is 339. The predicted octanol–water partition coefficient (Wildman–Crippen LogP) is 2.64. The van der Waals surface area contributed by atoms with E-state index in [0.29, 0.717) is 12.5 Å². The molecule has 0 saturated heterocycles. The molecule has 0 spiro atoms. The van der Waals surface area contributed by atoms with E-state index >= 15 is 0 Å². The van der Waals surface area contributed by atoms with Gasteiger partial charge in [0.1, 0.15) is 0 Å². The molecule has 1 aromatic carbocycles. The van der Waals surface area contributed by atoms with Crippen molar-refractivity contribution < 1.29 is 0 Å². The highest BCUT2D eigenvalue weighted by Crippen LogP contribution is 2.34. The number of rotatable bonds is 2. The van der Waals surface area contributed by atoms with Gasteiger partial charge < -0.3 is 0 Å². The van der Waals surface area contributed by atoms with Crippen LogP contribution in [0.3, 0.4) is 0 Å². The maximum atomic E-state index is 8.14. The fourth-order valence-corrected chi connectivity index (χ4v) is 1.66. The molecule has 2 rings (SSSR count). The van der Waals surface area contributed by atoms with Crippen LogP contribution >= 0.6 is 0 Å². The van der Waals surface area contributed by atoms with Crippen molar-refractivity contribution in [2.24, 2.45) is 5.11 Å². The highest BCUT2D eigenvalue weighted by molar-refractivity contribution is 5.40. The second-order valence-corrected chi connectivity index (χ2v) is 3.01. The second-order valence-electron chi connectivity index (χ2n) is 3.01. The number of nitrogens with zero attached hydrogens (tertiary/aromatic N) is 3. The van der Waals surface area contributed by atoms with Crippen LogP contribution in [0.2, 0.25) is 0 Å². The molecule has 0 aliphatic heterocycles. The number of benzene rings is 1. The van der Waals surface area contributed by atoms with Gasteiger partial charge in [0.15, 0.2) is 0 Å². The number of hydrogen-bond donors (Lipinski definition) is 0. The molecular weight excluding hydrogens is 150 g/mol. The summed E-state index contributed by atoms with van der Waals surface area (Å²) in [6, 6.07) is 8.31. The largest absolute Gasteiger partial charge is 0.0933 e. The summed E-state index contributed by atoms with van der Waals surface area (Å²) in [5.41, 5.74) is 10.9. The highest BCUT2D eigenvalue weighted by atomic mass is 15.1. The van der Waals surface area contributed by atoms with E-state index in [0.717, 1.165) is 6.42 Å². The summed E-state index contributed by atoms with van der Waals surface area (Å²) in [5.74, 6) is 0.470. The van der Waals surface area contributed by atoms with Crippen LogP contribution in [0.4, 0.5) is 0 Å². The van der Waals surface area contributed by atoms with Gasteiger partial charge in [-0.15, -0.1) is 0 Å². The molecule has 12 heavy (non-hydrogen) atoms. The Balaban J connectivity index is 2.14. The quantitative estimate of drug-likeness (QED) is 0.362. The van der Waals surface area contributed by atoms with E-state index in [1.54, 1.807) is 0 Å². The van der Waals surface area contributed by atoms with Crippen molar-refractivity contribution in [2.75, 3.05) is 6.54 Å². The van der Waals surface area contributed by atoms with E-state index in [9.17, 15) is 0 Å². The summed E-state index contributed by atoms with van der Waals surface area (Å²) in [5, 5.41) is 3.57. The number of azide groups is 1. The zero-order chi connectivity index (χ0) is 8.39. The molecule has 0 saturated carbocycles. The lowest BCUT2D eigenvalue weighted by molar-refractivity contribution is 0.616. The summed E-state index contributed by atoms with van der Waals surface area (Å²) in [6.45, 7) is 0.605. The smallest absolute Gasteiger partial charge is 0.0330 e. The van der Waals surface area contributed by atoms with Crippen molar-refractivity contribution in [3.05, 3.63) is 45.8 Å². The first-order valence-corrected chi connectivity index (χ1v) is 4.00. The Morgan fingerprint density at radius 3 is 3.08 bits per heavy atom. The predicted molar refractivity (Wildman–Crippen MR) is 46.9 cm³/mol. The molecule has 0 aromatic heterocycles. The number of hydrogen-bond acceptors (Lipinski definition) is 1. The fourth-order valence-electron chi connectivity index (χ4n) is 1.66. The number of fused-ring (bicyclic) bond motifs is 1. The third-order valence-electron chi connectivity index (χ3n) is 2.33. The molecule has 0 bridgehead atoms. The summed E-state index contributed by atoms with van der Waals surface area (Å²) in [6.07, 6.45) is 1.06. The summed E-state index contributed by atoms with van der Waals surface area (Å²) < 4.78 is 0. The minimum Gasteiger partial charge on any atom is -0.0933 e. The fraction of sp³-hybridized carbons (Fsp3) is 0.333. The van der Waals surface area contributed by atoms with Crippen molar-refractivity contribution >= 4 is 0 Å². The van der Waals surface area contributed by atoms with Crippen LogP contribution < -0.4 is 0 Å². The van der Waals surface area contributed by atoms with Crippen LogP contribution in [0.1, 0.15) is 17.0 Å². The molecule has 3 nitrogen and oxygen atoms in total. The summed E-state index contributed by atoms with van der Waals surface area (Å²) in [4.78, 5) is 2.76. The van der Waals surface area contributed by atoms with Gasteiger partial charge in [-0.05, 0) is 29.0 Å². The SMILES string of the molecule is [N-]=[N+]=NCC1Cc2ccccc21. The van der Waals surface area contributed by atoms with Crippen LogP contribution in [-0.2, 0) is 6.42 Å². The Morgan fingerprint density at radius 1 is 1.50 bits per heavy atom. The zero-order valence-corrected chi connectivity index (χ0v) is 6.64. The lowest BCUT2D eigenvalue weighted by atomic mass is 9.78. The molecule has 60 valence electrons. The molecule has 0 radical (unpaired) electrons. The first-order valence-electron chi connectivity index (χ1n) is 4.00. The van der Waals surface area contributed by atoms with E-state index in [1.807, 2.05) is 12.1 Å². The molecule has 1 unspecified atom stereocenters. The summed E-state index contributed by atoms with van der Waals surface area (Å²) >= 11 is 0. The lowest BCUT2D eigenvalue weighted by Gasteiger charge is -2.28. The molecule has 0 fully saturated rings. The second kappa shape index (κ2) is 2.88. The Morgan fingerprint density at radius 2 is 2.33 bits per heavy atom. The molecule has 1 aliphatic rings. The Hall–Kier alpha value is -1.47. The molecule has 0 amide bonds. The molecular formula is C9H9N3. The van der Waals surface area contributed by atoms with E-state index in [4.69, 9.17) is 5.53 Å². The lowest BCUT2D eigenvalue weighted by Crippen LogP contribution is -2.18. The van der Waals surface area contributed by atoms with E-state index in [2.05, 4.69) is 22.2 Å². The van der Waals surface area contributed by atoms with Crippen LogP contribution in [-0.4, -0.2) is 6.54 Å². The van der Waals surface area contributed by atoms with Crippen LogP contribution in [0, 0.1) is 0 Å². The van der Waals surface area contributed by atoms with Gasteiger partial charge in [-0.1, -0.05) is 29.4 Å². The van der Waals surface area contributed by atoms with Crippen LogP contribution in [0.5, 0.6) is 0 Å². The molecule has 0 heterocycles. The average molecular weight is 159 g/mol. The van der Waals surface area contributed by atoms with Gasteiger partial charge in [0.05, 0.1) is 0 Å². The molecule has 1 aliphatic carbocycles. The van der Waals surface area contributed by atoms with Crippen molar-refractivity contribution in [2.45, 2.75) is 12.3 Å². The van der Waals surface area contributed by atoms with Gasteiger partial charge in [-0.2, -0.15) is 0 Å². The van der Waals surface area contributed by atoms with Gasteiger partial charge in [0.2, 0.25) is 0 Å². The maximum absolute atomic E-state index is 8.14. The van der Waals surface area contributed by atoms with Crippen molar-refractivity contribution in [1.82, 2.24) is 0 Å². The molecule has 1 atom stereocenters. The van der Waals surface area contributed by atoms with Crippen molar-refractivity contribution in [1.29, 1.82) is 0 Å². The topological polar surface area (TPSA) is 48.8 Å². The summed E-state index contributed by atoms with van der Waals surface area (Å²) in [7, 11) is 0. The van der Waals surface area contributed by atoms with Gasteiger partial charge in [-0.25, -0.2) is 0 Å². The van der Waals surface area contributed by atoms with Gasteiger partial charge in [-0.3, -0.25) is 0 Å². The standard InChI is InChI=1S/C9H9N3/c10-12-11-6-8-5-7-3-1-2-4-9(7)8/h1-4,8H,5-6H2. The van der Waals surface area contributed by atoms with Gasteiger partial charge >= 0.3 is 0 Å². The Kier molecular flexibility index (Phi) is 1.72. The van der Waals surface area contributed by atoms with E-state index < -0.39 is 0 Å². The first kappa shape index (κ1) is 7.19. The highest BCUT2D eigenvalue weighted by Gasteiger charge is 2.23. The monoisotopic (exact) mass is 159 g/mol. The van der Waals surface area contributed by atoms with Crippen LogP contribution in [0.15, 0.2) is 29.4 Å². The average Bonchev–Trinajstić information content (AvgIpc) is 2.07.